The minimum absolute atomic E-state index is 0.653. The molecule has 0 aromatic rings. The van der Waals surface area contributed by atoms with E-state index in [9.17, 15) is 0 Å². The summed E-state index contributed by atoms with van der Waals surface area (Å²) in [5, 5.41) is 0. The number of piperidine rings is 1. The van der Waals surface area contributed by atoms with Gasteiger partial charge in [-0.15, -0.1) is 0 Å². The third kappa shape index (κ3) is 3.21. The minimum atomic E-state index is 0.653. The molecule has 1 saturated carbocycles. The molecule has 17 heavy (non-hydrogen) atoms. The van der Waals surface area contributed by atoms with Gasteiger partial charge >= 0.3 is 0 Å². The third-order valence-electron chi connectivity index (χ3n) is 4.81. The van der Waals surface area contributed by atoms with Crippen LogP contribution < -0.4 is 5.73 Å². The Morgan fingerprint density at radius 2 is 1.88 bits per heavy atom. The Morgan fingerprint density at radius 3 is 2.47 bits per heavy atom. The Labute approximate surface area is 106 Å². The van der Waals surface area contributed by atoms with Crippen molar-refractivity contribution in [3.63, 3.8) is 0 Å². The van der Waals surface area contributed by atoms with Gasteiger partial charge in [0.15, 0.2) is 0 Å². The fraction of sp³-hybridized carbons (Fsp3) is 1.00. The molecule has 0 spiro atoms. The van der Waals surface area contributed by atoms with Crippen molar-refractivity contribution in [2.24, 2.45) is 11.7 Å². The zero-order valence-electron chi connectivity index (χ0n) is 11.6. The lowest BCUT2D eigenvalue weighted by Crippen LogP contribution is -2.53. The molecule has 1 heterocycles. The van der Waals surface area contributed by atoms with Crippen molar-refractivity contribution >= 4 is 0 Å². The molecule has 1 saturated heterocycles. The second-order valence-corrected chi connectivity index (χ2v) is 6.10. The molecule has 3 heteroatoms. The molecular weight excluding hydrogens is 210 g/mol. The fourth-order valence-corrected chi connectivity index (χ4v) is 3.69. The first-order valence-corrected chi connectivity index (χ1v) is 7.33. The molecule has 1 aliphatic carbocycles. The van der Waals surface area contributed by atoms with Crippen LogP contribution in [-0.2, 0) is 0 Å². The van der Waals surface area contributed by atoms with Crippen LogP contribution in [0.4, 0.5) is 0 Å². The van der Waals surface area contributed by atoms with Gasteiger partial charge in [0.25, 0.3) is 0 Å². The van der Waals surface area contributed by atoms with Crippen molar-refractivity contribution in [3.8, 4) is 0 Å². The first kappa shape index (κ1) is 13.3. The zero-order chi connectivity index (χ0) is 12.3. The zero-order valence-corrected chi connectivity index (χ0v) is 11.6. The average molecular weight is 239 g/mol. The van der Waals surface area contributed by atoms with Gasteiger partial charge in [-0.25, -0.2) is 0 Å². The van der Waals surface area contributed by atoms with Crippen LogP contribution in [0.25, 0.3) is 0 Å². The van der Waals surface area contributed by atoms with Crippen LogP contribution in [0.15, 0.2) is 0 Å². The van der Waals surface area contributed by atoms with E-state index in [1.165, 1.54) is 51.6 Å². The summed E-state index contributed by atoms with van der Waals surface area (Å²) in [4.78, 5) is 5.07. The number of likely N-dealkylation sites (N-methyl/N-ethyl adjacent to an activating group) is 1. The van der Waals surface area contributed by atoms with Gasteiger partial charge < -0.3 is 10.6 Å². The van der Waals surface area contributed by atoms with Crippen molar-refractivity contribution in [2.75, 3.05) is 33.7 Å². The lowest BCUT2D eigenvalue weighted by atomic mass is 9.93. The molecule has 2 atom stereocenters. The van der Waals surface area contributed by atoms with E-state index in [1.54, 1.807) is 0 Å². The molecule has 2 N–H and O–H groups in total. The monoisotopic (exact) mass is 239 g/mol. The molecule has 100 valence electrons. The normalized spacial score (nSPS) is 30.0. The van der Waals surface area contributed by atoms with Crippen LogP contribution in [0.2, 0.25) is 0 Å². The van der Waals surface area contributed by atoms with E-state index in [-0.39, 0.29) is 0 Å². The Bertz CT molecular complexity index is 224. The van der Waals surface area contributed by atoms with Crippen molar-refractivity contribution in [1.82, 2.24) is 9.80 Å². The van der Waals surface area contributed by atoms with Crippen molar-refractivity contribution < 1.29 is 0 Å². The van der Waals surface area contributed by atoms with E-state index in [2.05, 4.69) is 23.9 Å². The minimum Gasteiger partial charge on any atom is -0.329 e. The molecule has 0 amide bonds. The number of nitrogens with zero attached hydrogens (tertiary/aromatic N) is 2. The maximum atomic E-state index is 6.05. The summed E-state index contributed by atoms with van der Waals surface area (Å²) >= 11 is 0. The van der Waals surface area contributed by atoms with Crippen LogP contribution in [0.1, 0.15) is 38.5 Å². The van der Waals surface area contributed by atoms with Crippen LogP contribution in [0.3, 0.4) is 0 Å². The van der Waals surface area contributed by atoms with Gasteiger partial charge in [-0.3, -0.25) is 4.90 Å². The summed E-state index contributed by atoms with van der Waals surface area (Å²) in [6.45, 7) is 3.35. The van der Waals surface area contributed by atoms with E-state index < -0.39 is 0 Å². The summed E-state index contributed by atoms with van der Waals surface area (Å²) < 4.78 is 0. The second kappa shape index (κ2) is 6.17. The summed E-state index contributed by atoms with van der Waals surface area (Å²) in [6.07, 6.45) is 8.35. The van der Waals surface area contributed by atoms with Crippen molar-refractivity contribution in [2.45, 2.75) is 50.6 Å². The molecule has 2 unspecified atom stereocenters. The van der Waals surface area contributed by atoms with E-state index in [1.807, 2.05) is 0 Å². The lowest BCUT2D eigenvalue weighted by molar-refractivity contribution is 0.0731. The molecule has 2 fully saturated rings. The number of likely N-dealkylation sites (tertiary alicyclic amines) is 1. The van der Waals surface area contributed by atoms with Gasteiger partial charge in [0.05, 0.1) is 0 Å². The molecule has 0 aromatic carbocycles. The van der Waals surface area contributed by atoms with Gasteiger partial charge in [-0.1, -0.05) is 12.8 Å². The molecule has 0 bridgehead atoms. The number of hydrogen-bond donors (Lipinski definition) is 1. The highest BCUT2D eigenvalue weighted by atomic mass is 15.2. The highest BCUT2D eigenvalue weighted by Crippen LogP contribution is 2.31. The first-order valence-electron chi connectivity index (χ1n) is 7.33. The molecular formula is C14H29N3. The third-order valence-corrected chi connectivity index (χ3v) is 4.81. The highest BCUT2D eigenvalue weighted by Gasteiger charge is 2.32. The standard InChI is InChI=1S/C14H29N3/c1-16(2)13-8-5-9-17(11-13)14(10-15)12-6-3-4-7-12/h12-14H,3-11,15H2,1-2H3. The SMILES string of the molecule is CN(C)C1CCCN(C(CN)C2CCCC2)C1. The van der Waals surface area contributed by atoms with E-state index in [0.29, 0.717) is 6.04 Å². The molecule has 2 aliphatic rings. The van der Waals surface area contributed by atoms with Crippen LogP contribution in [0.5, 0.6) is 0 Å². The predicted octanol–water partition coefficient (Wildman–Crippen LogP) is 1.53. The lowest BCUT2D eigenvalue weighted by Gasteiger charge is -2.42. The van der Waals surface area contributed by atoms with Gasteiger partial charge in [-0.05, 0) is 52.2 Å². The Kier molecular flexibility index (Phi) is 4.83. The van der Waals surface area contributed by atoms with Crippen molar-refractivity contribution in [1.29, 1.82) is 0 Å². The Morgan fingerprint density at radius 1 is 1.18 bits per heavy atom. The summed E-state index contributed by atoms with van der Waals surface area (Å²) in [5.41, 5.74) is 6.05. The maximum Gasteiger partial charge on any atom is 0.0247 e. The Hall–Kier alpha value is -0.120. The molecule has 0 radical (unpaired) electrons. The van der Waals surface area contributed by atoms with Gasteiger partial charge in [0.2, 0.25) is 0 Å². The Balaban J connectivity index is 1.93. The van der Waals surface area contributed by atoms with Crippen molar-refractivity contribution in [3.05, 3.63) is 0 Å². The average Bonchev–Trinajstić information content (AvgIpc) is 2.84. The van der Waals surface area contributed by atoms with Gasteiger partial charge in [-0.2, -0.15) is 0 Å². The number of nitrogens with two attached hydrogens (primary N) is 1. The van der Waals surface area contributed by atoms with E-state index in [4.69, 9.17) is 5.73 Å². The summed E-state index contributed by atoms with van der Waals surface area (Å²) in [6, 6.07) is 1.39. The van der Waals surface area contributed by atoms with Crippen LogP contribution >= 0.6 is 0 Å². The topological polar surface area (TPSA) is 32.5 Å². The van der Waals surface area contributed by atoms with Crippen LogP contribution in [0, 0.1) is 5.92 Å². The quantitative estimate of drug-likeness (QED) is 0.807. The van der Waals surface area contributed by atoms with E-state index in [0.717, 1.165) is 18.5 Å². The first-order chi connectivity index (χ1) is 8.22. The maximum absolute atomic E-state index is 6.05. The molecule has 0 aromatic heterocycles. The molecule has 1 aliphatic heterocycles. The van der Waals surface area contributed by atoms with E-state index >= 15 is 0 Å². The number of hydrogen-bond acceptors (Lipinski definition) is 3. The largest absolute Gasteiger partial charge is 0.329 e. The second-order valence-electron chi connectivity index (χ2n) is 6.10. The number of rotatable bonds is 4. The van der Waals surface area contributed by atoms with Crippen LogP contribution in [-0.4, -0.2) is 55.6 Å². The fourth-order valence-electron chi connectivity index (χ4n) is 3.69. The predicted molar refractivity (Wildman–Crippen MR) is 73.1 cm³/mol. The highest BCUT2D eigenvalue weighted by molar-refractivity contribution is 4.88. The smallest absolute Gasteiger partial charge is 0.0247 e. The summed E-state index contributed by atoms with van der Waals surface area (Å²) in [7, 11) is 4.42. The van der Waals surface area contributed by atoms with Gasteiger partial charge in [0.1, 0.15) is 0 Å². The molecule has 2 rings (SSSR count). The summed E-state index contributed by atoms with van der Waals surface area (Å²) in [5.74, 6) is 0.876. The molecule has 3 nitrogen and oxygen atoms in total. The van der Waals surface area contributed by atoms with Gasteiger partial charge in [0, 0.05) is 25.2 Å².